The number of thioether (sulfide) groups is 1. The summed E-state index contributed by atoms with van der Waals surface area (Å²) < 4.78 is 19.3. The second-order valence-corrected chi connectivity index (χ2v) is 6.12. The molecule has 0 bridgehead atoms. The first kappa shape index (κ1) is 16.7. The fourth-order valence-corrected chi connectivity index (χ4v) is 3.12. The molecule has 1 heterocycles. The van der Waals surface area contributed by atoms with Crippen LogP contribution in [0.1, 0.15) is 13.8 Å². The van der Waals surface area contributed by atoms with Crippen molar-refractivity contribution in [2.45, 2.75) is 19.9 Å². The topological polar surface area (TPSA) is 41.9 Å². The lowest BCUT2D eigenvalue weighted by Gasteiger charge is -2.20. The van der Waals surface area contributed by atoms with Crippen LogP contribution in [0.15, 0.2) is 17.1 Å². The van der Waals surface area contributed by atoms with Gasteiger partial charge >= 0.3 is 0 Å². The van der Waals surface area contributed by atoms with Gasteiger partial charge in [-0.05, 0) is 19.9 Å². The van der Waals surface area contributed by atoms with Gasteiger partial charge in [-0.2, -0.15) is 0 Å². The SMILES string of the molecule is C#CCOc1cc(N=C2SCC(=O)N2C(C)C)c(F)cc1Cl. The van der Waals surface area contributed by atoms with E-state index in [-0.39, 0.29) is 35.0 Å². The number of ether oxygens (including phenoxy) is 1. The first-order valence-corrected chi connectivity index (χ1v) is 7.89. The van der Waals surface area contributed by atoms with E-state index in [1.807, 2.05) is 13.8 Å². The summed E-state index contributed by atoms with van der Waals surface area (Å²) in [5.41, 5.74) is 0.0549. The van der Waals surface area contributed by atoms with E-state index in [9.17, 15) is 9.18 Å². The molecule has 7 heteroatoms. The molecule has 0 aliphatic carbocycles. The highest BCUT2D eigenvalue weighted by Gasteiger charge is 2.30. The van der Waals surface area contributed by atoms with Gasteiger partial charge in [0.15, 0.2) is 11.0 Å². The minimum absolute atomic E-state index is 0.0206. The second kappa shape index (κ2) is 7.03. The smallest absolute Gasteiger partial charge is 0.239 e. The van der Waals surface area contributed by atoms with Crippen LogP contribution in [0.4, 0.5) is 10.1 Å². The summed E-state index contributed by atoms with van der Waals surface area (Å²) in [7, 11) is 0. The van der Waals surface area contributed by atoms with Crippen LogP contribution in [0, 0.1) is 18.2 Å². The number of halogens is 2. The Labute approximate surface area is 137 Å². The maximum Gasteiger partial charge on any atom is 0.239 e. The minimum Gasteiger partial charge on any atom is -0.479 e. The van der Waals surface area contributed by atoms with Crippen molar-refractivity contribution in [2.24, 2.45) is 4.99 Å². The number of amidine groups is 1. The number of benzene rings is 1. The average molecular weight is 341 g/mol. The van der Waals surface area contributed by atoms with Crippen LogP contribution in [0.25, 0.3) is 0 Å². The zero-order valence-corrected chi connectivity index (χ0v) is 13.7. The van der Waals surface area contributed by atoms with Crippen molar-refractivity contribution >= 4 is 40.1 Å². The molecule has 0 unspecified atom stereocenters. The summed E-state index contributed by atoms with van der Waals surface area (Å²) in [6.07, 6.45) is 5.13. The lowest BCUT2D eigenvalue weighted by molar-refractivity contribution is -0.125. The summed E-state index contributed by atoms with van der Waals surface area (Å²) in [5.74, 6) is 2.23. The summed E-state index contributed by atoms with van der Waals surface area (Å²) in [5, 5.41) is 0.580. The number of hydrogen-bond acceptors (Lipinski definition) is 4. The molecule has 1 saturated heterocycles. The maximum absolute atomic E-state index is 14.0. The Hall–Kier alpha value is -1.71. The standard InChI is InChI=1S/C15H14ClFN2O2S/c1-4-5-21-13-7-12(11(17)6-10(13)16)18-15-19(9(2)3)14(20)8-22-15/h1,6-7,9H,5,8H2,2-3H3. The van der Waals surface area contributed by atoms with Gasteiger partial charge in [0, 0.05) is 12.1 Å². The zero-order chi connectivity index (χ0) is 16.3. The first-order chi connectivity index (χ1) is 10.4. The van der Waals surface area contributed by atoms with Crippen LogP contribution in [0.2, 0.25) is 5.02 Å². The van der Waals surface area contributed by atoms with Gasteiger partial charge in [-0.15, -0.1) is 6.42 Å². The highest BCUT2D eigenvalue weighted by Crippen LogP contribution is 2.34. The van der Waals surface area contributed by atoms with Crippen molar-refractivity contribution in [3.63, 3.8) is 0 Å². The molecule has 1 aromatic rings. The molecule has 1 aliphatic rings. The first-order valence-electron chi connectivity index (χ1n) is 6.53. The number of amides is 1. The molecular formula is C15H14ClFN2O2S. The largest absolute Gasteiger partial charge is 0.479 e. The van der Waals surface area contributed by atoms with E-state index < -0.39 is 5.82 Å². The Bertz CT molecular complexity index is 670. The van der Waals surface area contributed by atoms with Gasteiger partial charge in [0.1, 0.15) is 18.0 Å². The predicted molar refractivity (Wildman–Crippen MR) is 87.3 cm³/mol. The number of carbonyl (C=O) groups excluding carboxylic acids is 1. The van der Waals surface area contributed by atoms with Crippen molar-refractivity contribution in [1.82, 2.24) is 4.90 Å². The summed E-state index contributed by atoms with van der Waals surface area (Å²) in [6.45, 7) is 3.77. The van der Waals surface area contributed by atoms with Crippen LogP contribution < -0.4 is 4.74 Å². The third kappa shape index (κ3) is 3.54. The molecule has 2 rings (SSSR count). The van der Waals surface area contributed by atoms with Gasteiger partial charge in [0.25, 0.3) is 0 Å². The third-order valence-corrected chi connectivity index (χ3v) is 4.08. The number of aliphatic imine (C=N–C) groups is 1. The van der Waals surface area contributed by atoms with E-state index >= 15 is 0 Å². The predicted octanol–water partition coefficient (Wildman–Crippen LogP) is 3.46. The second-order valence-electron chi connectivity index (χ2n) is 4.77. The minimum atomic E-state index is -0.589. The third-order valence-electron chi connectivity index (χ3n) is 2.84. The lowest BCUT2D eigenvalue weighted by atomic mass is 10.3. The molecular weight excluding hydrogens is 327 g/mol. The lowest BCUT2D eigenvalue weighted by Crippen LogP contribution is -2.35. The molecule has 116 valence electrons. The van der Waals surface area contributed by atoms with Crippen LogP contribution >= 0.6 is 23.4 Å². The van der Waals surface area contributed by atoms with Gasteiger partial charge in [-0.3, -0.25) is 9.69 Å². The summed E-state index contributed by atoms with van der Waals surface area (Å²) >= 11 is 7.18. The molecule has 22 heavy (non-hydrogen) atoms. The Kier molecular flexibility index (Phi) is 5.33. The van der Waals surface area contributed by atoms with E-state index in [1.165, 1.54) is 17.8 Å². The quantitative estimate of drug-likeness (QED) is 0.788. The number of terminal acetylenes is 1. The number of rotatable bonds is 4. The van der Waals surface area contributed by atoms with E-state index in [0.29, 0.717) is 10.9 Å². The molecule has 1 amide bonds. The van der Waals surface area contributed by atoms with E-state index in [0.717, 1.165) is 6.07 Å². The zero-order valence-electron chi connectivity index (χ0n) is 12.1. The van der Waals surface area contributed by atoms with E-state index in [2.05, 4.69) is 10.9 Å². The van der Waals surface area contributed by atoms with Crippen LogP contribution in [-0.4, -0.2) is 34.4 Å². The fraction of sp³-hybridized carbons (Fsp3) is 0.333. The Balaban J connectivity index is 2.38. The molecule has 0 atom stereocenters. The highest BCUT2D eigenvalue weighted by molar-refractivity contribution is 8.15. The highest BCUT2D eigenvalue weighted by atomic mass is 35.5. The van der Waals surface area contributed by atoms with Crippen LogP contribution in [-0.2, 0) is 4.79 Å². The average Bonchev–Trinajstić information content (AvgIpc) is 2.81. The van der Waals surface area contributed by atoms with Gasteiger partial charge < -0.3 is 4.74 Å². The number of hydrogen-bond donors (Lipinski definition) is 0. The maximum atomic E-state index is 14.0. The fourth-order valence-electron chi connectivity index (χ4n) is 1.90. The molecule has 0 aromatic heterocycles. The van der Waals surface area contributed by atoms with Gasteiger partial charge in [-0.25, -0.2) is 9.38 Å². The number of carbonyl (C=O) groups is 1. The Morgan fingerprint density at radius 3 is 2.95 bits per heavy atom. The summed E-state index contributed by atoms with van der Waals surface area (Å²) in [6, 6.07) is 2.45. The molecule has 0 saturated carbocycles. The molecule has 1 aromatic carbocycles. The molecule has 0 spiro atoms. The van der Waals surface area contributed by atoms with Crippen molar-refractivity contribution in [3.05, 3.63) is 23.0 Å². The van der Waals surface area contributed by atoms with Crippen molar-refractivity contribution in [1.29, 1.82) is 0 Å². The van der Waals surface area contributed by atoms with Crippen molar-refractivity contribution in [2.75, 3.05) is 12.4 Å². The summed E-state index contributed by atoms with van der Waals surface area (Å²) in [4.78, 5) is 17.6. The molecule has 1 fully saturated rings. The Morgan fingerprint density at radius 2 is 2.32 bits per heavy atom. The molecule has 0 radical (unpaired) electrons. The van der Waals surface area contributed by atoms with Crippen molar-refractivity contribution < 1.29 is 13.9 Å². The van der Waals surface area contributed by atoms with Crippen LogP contribution in [0.5, 0.6) is 5.75 Å². The van der Waals surface area contributed by atoms with E-state index in [4.69, 9.17) is 22.8 Å². The monoisotopic (exact) mass is 340 g/mol. The molecule has 0 N–H and O–H groups in total. The Morgan fingerprint density at radius 1 is 1.59 bits per heavy atom. The van der Waals surface area contributed by atoms with Crippen molar-refractivity contribution in [3.8, 4) is 18.1 Å². The normalized spacial score (nSPS) is 16.5. The number of nitrogens with zero attached hydrogens (tertiary/aromatic N) is 2. The van der Waals surface area contributed by atoms with Gasteiger partial charge in [-0.1, -0.05) is 29.3 Å². The van der Waals surface area contributed by atoms with Crippen LogP contribution in [0.3, 0.4) is 0 Å². The molecule has 4 nitrogen and oxygen atoms in total. The molecule has 1 aliphatic heterocycles. The van der Waals surface area contributed by atoms with E-state index in [1.54, 1.807) is 4.90 Å². The van der Waals surface area contributed by atoms with Gasteiger partial charge in [0.05, 0.1) is 10.8 Å². The van der Waals surface area contributed by atoms with Gasteiger partial charge in [0.2, 0.25) is 5.91 Å².